The van der Waals surface area contributed by atoms with Crippen LogP contribution < -0.4 is 15.5 Å². The predicted molar refractivity (Wildman–Crippen MR) is 107 cm³/mol. The Balaban J connectivity index is 1.65. The maximum Gasteiger partial charge on any atom is 0.315 e. The number of anilines is 3. The third-order valence-corrected chi connectivity index (χ3v) is 4.57. The van der Waals surface area contributed by atoms with Gasteiger partial charge in [-0.15, -0.1) is 0 Å². The fourth-order valence-corrected chi connectivity index (χ4v) is 2.86. The Kier molecular flexibility index (Phi) is 5.48. The van der Waals surface area contributed by atoms with E-state index < -0.39 is 11.8 Å². The number of rotatable bonds is 5. The number of aromatic nitrogens is 2. The largest absolute Gasteiger partial charge is 0.318 e. The molecule has 0 aliphatic carbocycles. The van der Waals surface area contributed by atoms with Gasteiger partial charge in [0.05, 0.1) is 5.69 Å². The van der Waals surface area contributed by atoms with Crippen molar-refractivity contribution in [2.24, 2.45) is 0 Å². The smallest absolute Gasteiger partial charge is 0.315 e. The quantitative estimate of drug-likeness (QED) is 0.613. The molecule has 2 N–H and O–H groups in total. The molecule has 28 heavy (non-hydrogen) atoms. The van der Waals surface area contributed by atoms with E-state index in [2.05, 4.69) is 15.7 Å². The van der Waals surface area contributed by atoms with Crippen molar-refractivity contribution in [1.82, 2.24) is 9.78 Å². The summed E-state index contributed by atoms with van der Waals surface area (Å²) in [5.41, 5.74) is 2.11. The number of benzene rings is 1. The van der Waals surface area contributed by atoms with Crippen molar-refractivity contribution in [3.05, 3.63) is 36.0 Å². The summed E-state index contributed by atoms with van der Waals surface area (Å²) in [6.45, 7) is 8.65. The Bertz CT molecular complexity index is 899. The van der Waals surface area contributed by atoms with E-state index in [1.165, 1.54) is 0 Å². The van der Waals surface area contributed by atoms with Crippen LogP contribution in [0.15, 0.2) is 30.3 Å². The van der Waals surface area contributed by atoms with Gasteiger partial charge in [-0.2, -0.15) is 5.10 Å². The molecule has 8 heteroatoms. The summed E-state index contributed by atoms with van der Waals surface area (Å²) in [6, 6.07) is 8.65. The average Bonchev–Trinajstić information content (AvgIpc) is 3.06. The third kappa shape index (κ3) is 4.05. The van der Waals surface area contributed by atoms with Crippen LogP contribution in [0, 0.1) is 0 Å². The van der Waals surface area contributed by atoms with Crippen LogP contribution >= 0.6 is 0 Å². The lowest BCUT2D eigenvalue weighted by atomic mass is 10.1. The summed E-state index contributed by atoms with van der Waals surface area (Å²) < 4.78 is 1.69. The van der Waals surface area contributed by atoms with Gasteiger partial charge in [-0.05, 0) is 44.0 Å². The molecule has 2 heterocycles. The fraction of sp³-hybridized carbons (Fsp3) is 0.400. The zero-order valence-electron chi connectivity index (χ0n) is 16.5. The lowest BCUT2D eigenvalue weighted by molar-refractivity contribution is -0.133. The zero-order valence-corrected chi connectivity index (χ0v) is 16.5. The van der Waals surface area contributed by atoms with Gasteiger partial charge in [0.2, 0.25) is 5.91 Å². The number of hydrogen-bond donors (Lipinski definition) is 2. The van der Waals surface area contributed by atoms with Gasteiger partial charge in [0.1, 0.15) is 5.82 Å². The molecule has 1 fully saturated rings. The molecule has 1 aliphatic heterocycles. The topological polar surface area (TPSA) is 96.3 Å². The van der Waals surface area contributed by atoms with Crippen molar-refractivity contribution in [3.8, 4) is 0 Å². The molecule has 1 saturated heterocycles. The predicted octanol–water partition coefficient (Wildman–Crippen LogP) is 2.90. The highest BCUT2D eigenvalue weighted by atomic mass is 16.2. The van der Waals surface area contributed by atoms with E-state index in [4.69, 9.17) is 0 Å². The van der Waals surface area contributed by atoms with E-state index in [-0.39, 0.29) is 17.9 Å². The number of hydrogen-bond acceptors (Lipinski definition) is 4. The number of nitrogens with zero attached hydrogens (tertiary/aromatic N) is 3. The molecular weight excluding hydrogens is 358 g/mol. The third-order valence-electron chi connectivity index (χ3n) is 4.57. The minimum absolute atomic E-state index is 0.0441. The minimum atomic E-state index is -0.768. The molecule has 1 aromatic carbocycles. The summed E-state index contributed by atoms with van der Waals surface area (Å²) in [5.74, 6) is -0.750. The van der Waals surface area contributed by atoms with Crippen LogP contribution in [0.5, 0.6) is 0 Å². The van der Waals surface area contributed by atoms with Crippen LogP contribution in [0.1, 0.15) is 51.8 Å². The second kappa shape index (κ2) is 7.84. The SMILES string of the molecule is CC(C)c1cc(NC(=O)C(=O)Nc2ccc(N3CCC3=O)cc2)n(C(C)C)n1. The Hall–Kier alpha value is -3.16. The van der Waals surface area contributed by atoms with Crippen LogP contribution in [0.2, 0.25) is 0 Å². The molecule has 3 rings (SSSR count). The van der Waals surface area contributed by atoms with Crippen molar-refractivity contribution < 1.29 is 14.4 Å². The number of nitrogens with one attached hydrogen (secondary N) is 2. The average molecular weight is 383 g/mol. The zero-order chi connectivity index (χ0) is 20.4. The van der Waals surface area contributed by atoms with E-state index in [0.29, 0.717) is 24.5 Å². The van der Waals surface area contributed by atoms with Crippen LogP contribution in [-0.2, 0) is 14.4 Å². The Morgan fingerprint density at radius 1 is 1.04 bits per heavy atom. The van der Waals surface area contributed by atoms with Gasteiger partial charge < -0.3 is 15.5 Å². The first kappa shape index (κ1) is 19.6. The highest BCUT2D eigenvalue weighted by Crippen LogP contribution is 2.24. The van der Waals surface area contributed by atoms with E-state index in [9.17, 15) is 14.4 Å². The monoisotopic (exact) mass is 383 g/mol. The molecule has 2 aromatic rings. The first-order chi connectivity index (χ1) is 13.3. The highest BCUT2D eigenvalue weighted by Gasteiger charge is 2.25. The summed E-state index contributed by atoms with van der Waals surface area (Å²) >= 11 is 0. The van der Waals surface area contributed by atoms with Crippen molar-refractivity contribution >= 4 is 34.9 Å². The van der Waals surface area contributed by atoms with Gasteiger partial charge in [0, 0.05) is 36.4 Å². The van der Waals surface area contributed by atoms with Crippen LogP contribution in [0.25, 0.3) is 0 Å². The number of carbonyl (C=O) groups excluding carboxylic acids is 3. The Labute approximate surface area is 163 Å². The highest BCUT2D eigenvalue weighted by molar-refractivity contribution is 6.43. The lowest BCUT2D eigenvalue weighted by Crippen LogP contribution is -2.43. The van der Waals surface area contributed by atoms with Gasteiger partial charge >= 0.3 is 11.8 Å². The molecule has 0 spiro atoms. The summed E-state index contributed by atoms with van der Waals surface area (Å²) in [6.07, 6.45) is 0.560. The number of carbonyl (C=O) groups is 3. The first-order valence-corrected chi connectivity index (χ1v) is 9.38. The van der Waals surface area contributed by atoms with E-state index >= 15 is 0 Å². The van der Waals surface area contributed by atoms with Crippen molar-refractivity contribution in [3.63, 3.8) is 0 Å². The molecule has 0 atom stereocenters. The van der Waals surface area contributed by atoms with Crippen molar-refractivity contribution in [2.75, 3.05) is 22.1 Å². The van der Waals surface area contributed by atoms with Crippen molar-refractivity contribution in [2.45, 2.75) is 46.1 Å². The van der Waals surface area contributed by atoms with Gasteiger partial charge in [-0.25, -0.2) is 4.68 Å². The molecule has 8 nitrogen and oxygen atoms in total. The lowest BCUT2D eigenvalue weighted by Gasteiger charge is -2.30. The normalized spacial score (nSPS) is 13.6. The van der Waals surface area contributed by atoms with Crippen molar-refractivity contribution in [1.29, 1.82) is 0 Å². The maximum atomic E-state index is 12.3. The van der Waals surface area contributed by atoms with E-state index in [1.807, 2.05) is 27.7 Å². The minimum Gasteiger partial charge on any atom is -0.318 e. The molecule has 0 bridgehead atoms. The fourth-order valence-electron chi connectivity index (χ4n) is 2.86. The maximum absolute atomic E-state index is 12.3. The molecule has 148 valence electrons. The molecule has 0 saturated carbocycles. The van der Waals surface area contributed by atoms with Crippen LogP contribution in [0.3, 0.4) is 0 Å². The molecular formula is C20H25N5O3. The molecule has 1 aromatic heterocycles. The summed E-state index contributed by atoms with van der Waals surface area (Å²) in [4.78, 5) is 37.7. The molecule has 3 amide bonds. The summed E-state index contributed by atoms with van der Waals surface area (Å²) in [5, 5.41) is 9.70. The molecule has 0 radical (unpaired) electrons. The van der Waals surface area contributed by atoms with Gasteiger partial charge in [0.15, 0.2) is 0 Å². The van der Waals surface area contributed by atoms with Gasteiger partial charge in [0.25, 0.3) is 0 Å². The summed E-state index contributed by atoms with van der Waals surface area (Å²) in [7, 11) is 0. The first-order valence-electron chi connectivity index (χ1n) is 9.38. The molecule has 1 aliphatic rings. The van der Waals surface area contributed by atoms with Crippen LogP contribution in [-0.4, -0.2) is 34.0 Å². The van der Waals surface area contributed by atoms with E-state index in [1.54, 1.807) is 39.9 Å². The second-order valence-electron chi connectivity index (χ2n) is 7.40. The van der Waals surface area contributed by atoms with E-state index in [0.717, 1.165) is 11.4 Å². The van der Waals surface area contributed by atoms with Gasteiger partial charge in [-0.3, -0.25) is 14.4 Å². The Morgan fingerprint density at radius 3 is 2.18 bits per heavy atom. The Morgan fingerprint density at radius 2 is 1.68 bits per heavy atom. The standard InChI is InChI=1S/C20H25N5O3/c1-12(2)16-11-17(25(23-16)13(3)4)22-20(28)19(27)21-14-5-7-15(8-6-14)24-10-9-18(24)26/h5-8,11-13H,9-10H2,1-4H3,(H,21,27)(H,22,28). The second-order valence-corrected chi connectivity index (χ2v) is 7.40. The van der Waals surface area contributed by atoms with Crippen LogP contribution in [0.4, 0.5) is 17.2 Å². The van der Waals surface area contributed by atoms with Gasteiger partial charge in [-0.1, -0.05) is 13.8 Å². The number of amides is 3. The molecule has 0 unspecified atom stereocenters. The number of β-lactam (4-membered cyclic amide) rings is 1.